The van der Waals surface area contributed by atoms with Gasteiger partial charge in [-0.2, -0.15) is 0 Å². The molecule has 0 aromatic carbocycles. The second-order valence-electron chi connectivity index (χ2n) is 4.21. The van der Waals surface area contributed by atoms with Crippen LogP contribution in [-0.2, 0) is 0 Å². The fourth-order valence-electron chi connectivity index (χ4n) is 1.69. The molecule has 2 aromatic rings. The van der Waals surface area contributed by atoms with E-state index in [0.717, 1.165) is 0 Å². The molecule has 106 valence electrons. The van der Waals surface area contributed by atoms with Crippen molar-refractivity contribution < 1.29 is 9.59 Å². The lowest BCUT2D eigenvalue weighted by molar-refractivity contribution is 0.0990. The number of thioether (sulfide) groups is 1. The number of rotatable bonds is 6. The van der Waals surface area contributed by atoms with Gasteiger partial charge < -0.3 is 0 Å². The monoisotopic (exact) mass is 298 g/mol. The second-order valence-corrected chi connectivity index (χ2v) is 5.14. The van der Waals surface area contributed by atoms with Gasteiger partial charge in [0.15, 0.2) is 5.78 Å². The van der Waals surface area contributed by atoms with Crippen LogP contribution >= 0.6 is 11.8 Å². The number of allylic oxidation sites excluding steroid dienone is 2. The van der Waals surface area contributed by atoms with Gasteiger partial charge in [-0.15, -0.1) is 11.8 Å². The highest BCUT2D eigenvalue weighted by atomic mass is 32.2. The number of nitrogens with zero attached hydrogens (tertiary/aromatic N) is 2. The van der Waals surface area contributed by atoms with Gasteiger partial charge in [-0.25, -0.2) is 0 Å². The van der Waals surface area contributed by atoms with Gasteiger partial charge >= 0.3 is 0 Å². The maximum absolute atomic E-state index is 12.1. The molecule has 0 fully saturated rings. The topological polar surface area (TPSA) is 59.9 Å². The molecule has 0 aliphatic rings. The second kappa shape index (κ2) is 7.50. The Hall–Kier alpha value is -2.27. The molecule has 5 heteroatoms. The summed E-state index contributed by atoms with van der Waals surface area (Å²) in [5.74, 6) is -0.307. The molecule has 0 saturated carbocycles. The number of Topliss-reactive ketones (excluding diaryl/α,β-unsaturated/α-hetero) is 1. The summed E-state index contributed by atoms with van der Waals surface area (Å²) in [6.45, 7) is 0. The Morgan fingerprint density at radius 2 is 1.67 bits per heavy atom. The fourth-order valence-corrected chi connectivity index (χ4v) is 2.19. The largest absolute Gasteiger partial charge is 0.292 e. The van der Waals surface area contributed by atoms with Gasteiger partial charge in [0.05, 0.1) is 0 Å². The summed E-state index contributed by atoms with van der Waals surface area (Å²) in [5, 5.41) is 0. The van der Waals surface area contributed by atoms with E-state index in [-0.39, 0.29) is 18.0 Å². The van der Waals surface area contributed by atoms with Crippen molar-refractivity contribution in [1.82, 2.24) is 9.97 Å². The molecule has 0 atom stereocenters. The van der Waals surface area contributed by atoms with Gasteiger partial charge in [-0.1, -0.05) is 12.1 Å². The molecule has 2 heterocycles. The van der Waals surface area contributed by atoms with Crippen molar-refractivity contribution in [3.8, 4) is 0 Å². The zero-order valence-electron chi connectivity index (χ0n) is 11.5. The number of aromatic nitrogens is 2. The zero-order chi connectivity index (χ0) is 15.1. The molecule has 0 bridgehead atoms. The maximum atomic E-state index is 12.1. The predicted molar refractivity (Wildman–Crippen MR) is 83.4 cm³/mol. The highest BCUT2D eigenvalue weighted by Gasteiger charge is 2.12. The fraction of sp³-hybridized carbons (Fsp3) is 0.125. The molecule has 2 rings (SSSR count). The Morgan fingerprint density at radius 3 is 2.19 bits per heavy atom. The summed E-state index contributed by atoms with van der Waals surface area (Å²) in [5.41, 5.74) is 0.775. The summed E-state index contributed by atoms with van der Waals surface area (Å²) in [6.07, 6.45) is 6.61. The normalized spacial score (nSPS) is 11.2. The van der Waals surface area contributed by atoms with Gasteiger partial charge in [-0.05, 0) is 41.5 Å². The lowest BCUT2D eigenvalue weighted by Gasteiger charge is -2.03. The maximum Gasteiger partial charge on any atom is 0.204 e. The number of carbonyl (C=O) groups excluding carboxylic acids is 2. The summed E-state index contributed by atoms with van der Waals surface area (Å²) >= 11 is 1.38. The average Bonchev–Trinajstić information content (AvgIpc) is 2.55. The van der Waals surface area contributed by atoms with Crippen molar-refractivity contribution in [1.29, 1.82) is 0 Å². The molecule has 0 amide bonds. The van der Waals surface area contributed by atoms with Crippen LogP contribution < -0.4 is 0 Å². The molecule has 0 aliphatic carbocycles. The van der Waals surface area contributed by atoms with Gasteiger partial charge in [0, 0.05) is 18.8 Å². The summed E-state index contributed by atoms with van der Waals surface area (Å²) in [6, 6.07) is 10.3. The van der Waals surface area contributed by atoms with Crippen molar-refractivity contribution in [2.24, 2.45) is 0 Å². The summed E-state index contributed by atoms with van der Waals surface area (Å²) < 4.78 is 0. The SMILES string of the molecule is CSC(=CC(=O)c1ccccn1)CC(=O)c1ccccn1. The Balaban J connectivity index is 2.11. The quantitative estimate of drug-likeness (QED) is 0.605. The van der Waals surface area contributed by atoms with Crippen molar-refractivity contribution in [2.75, 3.05) is 6.26 Å². The predicted octanol–water partition coefficient (Wildman–Crippen LogP) is 3.18. The molecule has 0 saturated heterocycles. The smallest absolute Gasteiger partial charge is 0.204 e. The Labute approximate surface area is 127 Å². The van der Waals surface area contributed by atoms with Gasteiger partial charge in [0.2, 0.25) is 5.78 Å². The highest BCUT2D eigenvalue weighted by molar-refractivity contribution is 8.02. The molecular weight excluding hydrogens is 284 g/mol. The Morgan fingerprint density at radius 1 is 1.05 bits per heavy atom. The van der Waals surface area contributed by atoms with Crippen molar-refractivity contribution in [3.05, 3.63) is 71.2 Å². The first kappa shape index (κ1) is 15.1. The number of pyridine rings is 2. The molecular formula is C16H14N2O2S. The summed E-state index contributed by atoms with van der Waals surface area (Å²) in [4.78, 5) is 32.9. The minimum absolute atomic E-state index is 0.106. The first-order valence-corrected chi connectivity index (χ1v) is 7.57. The average molecular weight is 298 g/mol. The van der Waals surface area contributed by atoms with Crippen molar-refractivity contribution in [3.63, 3.8) is 0 Å². The van der Waals surface area contributed by atoms with Crippen LogP contribution in [0.15, 0.2) is 59.8 Å². The lowest BCUT2D eigenvalue weighted by atomic mass is 10.1. The third-order valence-corrected chi connectivity index (χ3v) is 3.54. The standard InChI is InChI=1S/C16H14N2O2S/c1-21-12(10-15(19)13-6-2-4-8-17-13)11-16(20)14-7-3-5-9-18-14/h2-10H,11H2,1H3. The van der Waals surface area contributed by atoms with Crippen LogP contribution in [0.5, 0.6) is 0 Å². The first-order chi connectivity index (χ1) is 10.2. The molecule has 0 aliphatic heterocycles. The molecule has 4 nitrogen and oxygen atoms in total. The van der Waals surface area contributed by atoms with Crippen molar-refractivity contribution in [2.45, 2.75) is 6.42 Å². The number of ketones is 2. The van der Waals surface area contributed by atoms with Crippen LogP contribution in [0.25, 0.3) is 0 Å². The molecule has 0 N–H and O–H groups in total. The molecule has 0 unspecified atom stereocenters. The van der Waals surface area contributed by atoms with Gasteiger partial charge in [0.25, 0.3) is 0 Å². The van der Waals surface area contributed by atoms with Crippen LogP contribution in [0.4, 0.5) is 0 Å². The van der Waals surface area contributed by atoms with Crippen LogP contribution in [0.2, 0.25) is 0 Å². The third-order valence-electron chi connectivity index (χ3n) is 2.76. The van der Waals surface area contributed by atoms with E-state index in [4.69, 9.17) is 0 Å². The summed E-state index contributed by atoms with van der Waals surface area (Å²) in [7, 11) is 0. The van der Waals surface area contributed by atoms with Crippen LogP contribution in [0.1, 0.15) is 27.4 Å². The van der Waals surface area contributed by atoms with E-state index >= 15 is 0 Å². The van der Waals surface area contributed by atoms with E-state index < -0.39 is 0 Å². The Bertz CT molecular complexity index is 654. The molecule has 2 aromatic heterocycles. The minimum Gasteiger partial charge on any atom is -0.292 e. The molecule has 0 radical (unpaired) electrons. The Kier molecular flexibility index (Phi) is 5.40. The van der Waals surface area contributed by atoms with Crippen molar-refractivity contribution >= 4 is 23.3 Å². The van der Waals surface area contributed by atoms with Crippen LogP contribution in [0, 0.1) is 0 Å². The highest BCUT2D eigenvalue weighted by Crippen LogP contribution is 2.19. The van der Waals surface area contributed by atoms with E-state index in [1.165, 1.54) is 17.8 Å². The van der Waals surface area contributed by atoms with E-state index in [9.17, 15) is 9.59 Å². The minimum atomic E-state index is -0.200. The van der Waals surface area contributed by atoms with Gasteiger partial charge in [0.1, 0.15) is 11.4 Å². The first-order valence-electron chi connectivity index (χ1n) is 6.35. The van der Waals surface area contributed by atoms with Crippen LogP contribution in [-0.4, -0.2) is 27.8 Å². The lowest BCUT2D eigenvalue weighted by Crippen LogP contribution is -2.04. The van der Waals surface area contributed by atoms with E-state index in [0.29, 0.717) is 16.3 Å². The van der Waals surface area contributed by atoms with E-state index in [2.05, 4.69) is 9.97 Å². The number of carbonyl (C=O) groups is 2. The molecule has 0 spiro atoms. The number of hydrogen-bond donors (Lipinski definition) is 0. The van der Waals surface area contributed by atoms with Gasteiger partial charge in [-0.3, -0.25) is 19.6 Å². The number of hydrogen-bond acceptors (Lipinski definition) is 5. The zero-order valence-corrected chi connectivity index (χ0v) is 12.3. The van der Waals surface area contributed by atoms with E-state index in [1.807, 2.05) is 6.26 Å². The van der Waals surface area contributed by atoms with Crippen LogP contribution in [0.3, 0.4) is 0 Å². The molecule has 21 heavy (non-hydrogen) atoms. The third kappa shape index (κ3) is 4.36. The van der Waals surface area contributed by atoms with E-state index in [1.54, 1.807) is 48.8 Å².